The van der Waals surface area contributed by atoms with E-state index < -0.39 is 11.7 Å². The van der Waals surface area contributed by atoms with Gasteiger partial charge in [0.1, 0.15) is 0 Å². The molecule has 1 aromatic carbocycles. The summed E-state index contributed by atoms with van der Waals surface area (Å²) in [5.74, 6) is -0.909. The number of para-hydroxylation sites is 2. The van der Waals surface area contributed by atoms with Crippen molar-refractivity contribution in [1.82, 2.24) is 20.0 Å². The number of rotatable bonds is 8. The molecular formula is C16H18N4O5. The van der Waals surface area contributed by atoms with Gasteiger partial charge in [-0.3, -0.25) is 9.36 Å². The largest absolute Gasteiger partial charge is 0.420 e. The number of carbonyl (C=O) groups is 1. The van der Waals surface area contributed by atoms with Gasteiger partial charge in [0, 0.05) is 19.8 Å². The van der Waals surface area contributed by atoms with Crippen LogP contribution in [0.25, 0.3) is 11.1 Å². The number of nitrogens with one attached hydrogen (secondary N) is 1. The summed E-state index contributed by atoms with van der Waals surface area (Å²) in [5.41, 5.74) is 1.10. The molecule has 0 spiro atoms. The maximum absolute atomic E-state index is 11.9. The van der Waals surface area contributed by atoms with Crippen LogP contribution in [0.2, 0.25) is 0 Å². The van der Waals surface area contributed by atoms with E-state index in [0.717, 1.165) is 0 Å². The van der Waals surface area contributed by atoms with Crippen molar-refractivity contribution in [2.24, 2.45) is 0 Å². The van der Waals surface area contributed by atoms with Gasteiger partial charge in [-0.15, -0.1) is 0 Å². The van der Waals surface area contributed by atoms with Crippen LogP contribution in [0.15, 0.2) is 38.0 Å². The fourth-order valence-electron chi connectivity index (χ4n) is 2.31. The van der Waals surface area contributed by atoms with Gasteiger partial charge in [-0.2, -0.15) is 4.98 Å². The standard InChI is InChI=1S/C16H18N4O5/c1-2-23-9-5-8-17-14(21)15-18-13(19-25-15)10-20-11-6-3-4-7-12(11)24-16(20)22/h3-4,6-7H,2,5,8-10H2,1H3,(H,17,21). The minimum absolute atomic E-state index is 0.0525. The summed E-state index contributed by atoms with van der Waals surface area (Å²) >= 11 is 0. The second-order valence-corrected chi connectivity index (χ2v) is 5.24. The molecule has 3 aromatic rings. The van der Waals surface area contributed by atoms with Crippen molar-refractivity contribution in [3.8, 4) is 0 Å². The highest BCUT2D eigenvalue weighted by atomic mass is 16.5. The summed E-state index contributed by atoms with van der Waals surface area (Å²) in [6, 6.07) is 7.03. The second-order valence-electron chi connectivity index (χ2n) is 5.24. The average Bonchev–Trinajstić information content (AvgIpc) is 3.20. The molecule has 25 heavy (non-hydrogen) atoms. The summed E-state index contributed by atoms with van der Waals surface area (Å²) in [4.78, 5) is 27.9. The van der Waals surface area contributed by atoms with E-state index in [1.165, 1.54) is 4.57 Å². The fourth-order valence-corrected chi connectivity index (χ4v) is 2.31. The van der Waals surface area contributed by atoms with Gasteiger partial charge in [0.25, 0.3) is 0 Å². The molecule has 132 valence electrons. The lowest BCUT2D eigenvalue weighted by Gasteiger charge is -2.02. The fraction of sp³-hybridized carbons (Fsp3) is 0.375. The number of aromatic nitrogens is 3. The molecule has 0 radical (unpaired) electrons. The van der Waals surface area contributed by atoms with Crippen molar-refractivity contribution in [1.29, 1.82) is 0 Å². The SMILES string of the molecule is CCOCCCNC(=O)c1nc(Cn2c(=O)oc3ccccc32)no1. The van der Waals surface area contributed by atoms with E-state index in [1.807, 2.05) is 6.92 Å². The van der Waals surface area contributed by atoms with Crippen LogP contribution in [0.1, 0.15) is 29.9 Å². The average molecular weight is 346 g/mol. The Balaban J connectivity index is 1.64. The van der Waals surface area contributed by atoms with Crippen LogP contribution in [0.5, 0.6) is 0 Å². The second kappa shape index (κ2) is 7.75. The first kappa shape index (κ1) is 16.9. The molecule has 0 aliphatic carbocycles. The normalized spacial score (nSPS) is 11.1. The highest BCUT2D eigenvalue weighted by Crippen LogP contribution is 2.12. The lowest BCUT2D eigenvalue weighted by molar-refractivity contribution is 0.0901. The maximum Gasteiger partial charge on any atom is 0.420 e. The molecule has 0 aliphatic rings. The lowest BCUT2D eigenvalue weighted by Crippen LogP contribution is -2.25. The molecule has 0 fully saturated rings. The van der Waals surface area contributed by atoms with E-state index in [0.29, 0.717) is 37.3 Å². The zero-order chi connectivity index (χ0) is 17.6. The Morgan fingerprint density at radius 1 is 1.36 bits per heavy atom. The van der Waals surface area contributed by atoms with Crippen LogP contribution in [0.4, 0.5) is 0 Å². The summed E-state index contributed by atoms with van der Waals surface area (Å²) in [5, 5.41) is 6.41. The summed E-state index contributed by atoms with van der Waals surface area (Å²) in [7, 11) is 0. The molecule has 1 amide bonds. The Morgan fingerprint density at radius 2 is 2.20 bits per heavy atom. The number of hydrogen-bond acceptors (Lipinski definition) is 7. The number of ether oxygens (including phenoxy) is 1. The third-order valence-corrected chi connectivity index (χ3v) is 3.49. The van der Waals surface area contributed by atoms with E-state index >= 15 is 0 Å². The Morgan fingerprint density at radius 3 is 3.04 bits per heavy atom. The highest BCUT2D eigenvalue weighted by Gasteiger charge is 2.17. The van der Waals surface area contributed by atoms with Crippen LogP contribution in [0.3, 0.4) is 0 Å². The van der Waals surface area contributed by atoms with E-state index in [2.05, 4.69) is 15.5 Å². The molecule has 2 heterocycles. The number of amides is 1. The molecule has 0 saturated carbocycles. The smallest absolute Gasteiger partial charge is 0.408 e. The molecule has 0 saturated heterocycles. The molecule has 3 rings (SSSR count). The predicted molar refractivity (Wildman–Crippen MR) is 87.3 cm³/mol. The molecule has 0 aliphatic heterocycles. The first-order chi connectivity index (χ1) is 12.2. The van der Waals surface area contributed by atoms with E-state index in [-0.39, 0.29) is 18.3 Å². The van der Waals surface area contributed by atoms with Gasteiger partial charge in [0.15, 0.2) is 11.4 Å². The van der Waals surface area contributed by atoms with Crippen molar-refractivity contribution in [3.63, 3.8) is 0 Å². The Labute approximate surface area is 142 Å². The minimum Gasteiger partial charge on any atom is -0.408 e. The van der Waals surface area contributed by atoms with Crippen molar-refractivity contribution >= 4 is 17.0 Å². The van der Waals surface area contributed by atoms with Gasteiger partial charge in [-0.1, -0.05) is 17.3 Å². The first-order valence-electron chi connectivity index (χ1n) is 7.96. The van der Waals surface area contributed by atoms with Crippen LogP contribution >= 0.6 is 0 Å². The molecule has 9 heteroatoms. The van der Waals surface area contributed by atoms with Gasteiger partial charge in [0.2, 0.25) is 0 Å². The molecule has 0 bridgehead atoms. The van der Waals surface area contributed by atoms with E-state index in [4.69, 9.17) is 13.7 Å². The number of nitrogens with zero attached hydrogens (tertiary/aromatic N) is 3. The lowest BCUT2D eigenvalue weighted by atomic mass is 10.3. The minimum atomic E-state index is -0.520. The Hall–Kier alpha value is -2.94. The highest BCUT2D eigenvalue weighted by molar-refractivity contribution is 5.89. The number of fused-ring (bicyclic) bond motifs is 1. The summed E-state index contributed by atoms with van der Waals surface area (Å²) in [6.45, 7) is 3.62. The van der Waals surface area contributed by atoms with Gasteiger partial charge < -0.3 is 19.0 Å². The topological polar surface area (TPSA) is 112 Å². The number of oxazole rings is 1. The molecule has 0 atom stereocenters. The van der Waals surface area contributed by atoms with Crippen molar-refractivity contribution in [3.05, 3.63) is 46.5 Å². The van der Waals surface area contributed by atoms with Gasteiger partial charge in [-0.05, 0) is 25.5 Å². The van der Waals surface area contributed by atoms with Crippen LogP contribution in [0, 0.1) is 0 Å². The molecule has 0 unspecified atom stereocenters. The molecule has 9 nitrogen and oxygen atoms in total. The van der Waals surface area contributed by atoms with E-state index in [9.17, 15) is 9.59 Å². The third kappa shape index (κ3) is 3.94. The zero-order valence-corrected chi connectivity index (χ0v) is 13.7. The van der Waals surface area contributed by atoms with Crippen molar-refractivity contribution < 1.29 is 18.5 Å². The predicted octanol–water partition coefficient (Wildman–Crippen LogP) is 1.18. The van der Waals surface area contributed by atoms with Gasteiger partial charge in [-0.25, -0.2) is 4.79 Å². The monoisotopic (exact) mass is 346 g/mol. The van der Waals surface area contributed by atoms with Crippen LogP contribution in [-0.2, 0) is 11.3 Å². The summed E-state index contributed by atoms with van der Waals surface area (Å²) < 4.78 is 16.7. The van der Waals surface area contributed by atoms with Crippen LogP contribution < -0.4 is 11.1 Å². The first-order valence-corrected chi connectivity index (χ1v) is 7.96. The van der Waals surface area contributed by atoms with Gasteiger partial charge >= 0.3 is 17.6 Å². The maximum atomic E-state index is 11.9. The Kier molecular flexibility index (Phi) is 5.24. The number of hydrogen-bond donors (Lipinski definition) is 1. The molecule has 1 N–H and O–H groups in total. The molecule has 2 aromatic heterocycles. The van der Waals surface area contributed by atoms with Gasteiger partial charge in [0.05, 0.1) is 12.1 Å². The number of carbonyl (C=O) groups excluding carboxylic acids is 1. The quantitative estimate of drug-likeness (QED) is 0.609. The van der Waals surface area contributed by atoms with Crippen molar-refractivity contribution in [2.45, 2.75) is 19.9 Å². The van der Waals surface area contributed by atoms with E-state index in [1.54, 1.807) is 24.3 Å². The number of benzene rings is 1. The Bertz CT molecular complexity index is 911. The van der Waals surface area contributed by atoms with Crippen LogP contribution in [-0.4, -0.2) is 40.4 Å². The zero-order valence-electron chi connectivity index (χ0n) is 13.7. The van der Waals surface area contributed by atoms with Crippen molar-refractivity contribution in [2.75, 3.05) is 19.8 Å². The summed E-state index contributed by atoms with van der Waals surface area (Å²) in [6.07, 6.45) is 0.691. The third-order valence-electron chi connectivity index (χ3n) is 3.49. The molecular weight excluding hydrogens is 328 g/mol.